The van der Waals surface area contributed by atoms with Gasteiger partial charge < -0.3 is 15.0 Å². The Hall–Kier alpha value is -1.55. The fraction of sp³-hybridized carbons (Fsp3) is 0.533. The largest absolute Gasteiger partial charge is 0.490 e. The van der Waals surface area contributed by atoms with Gasteiger partial charge in [-0.2, -0.15) is 0 Å². The summed E-state index contributed by atoms with van der Waals surface area (Å²) in [5.41, 5.74) is 1.10. The van der Waals surface area contributed by atoms with Gasteiger partial charge in [0.2, 0.25) is 5.91 Å². The van der Waals surface area contributed by atoms with E-state index in [1.165, 1.54) is 0 Å². The minimum Gasteiger partial charge on any atom is -0.490 e. The van der Waals surface area contributed by atoms with E-state index < -0.39 is 0 Å². The van der Waals surface area contributed by atoms with Crippen molar-refractivity contribution in [3.63, 3.8) is 0 Å². The number of nitrogens with zero attached hydrogens (tertiary/aromatic N) is 1. The van der Waals surface area contributed by atoms with Gasteiger partial charge in [-0.25, -0.2) is 0 Å². The van der Waals surface area contributed by atoms with Crippen molar-refractivity contribution in [3.8, 4) is 5.75 Å². The van der Waals surface area contributed by atoms with Crippen LogP contribution in [0.15, 0.2) is 24.3 Å². The van der Waals surface area contributed by atoms with Gasteiger partial charge in [0.05, 0.1) is 6.42 Å². The van der Waals surface area contributed by atoms with Crippen LogP contribution >= 0.6 is 0 Å². The lowest BCUT2D eigenvalue weighted by atomic mass is 10.2. The Kier molecular flexibility index (Phi) is 4.80. The number of hydrogen-bond acceptors (Lipinski definition) is 3. The van der Waals surface area contributed by atoms with E-state index in [1.807, 2.05) is 43.0 Å². The first-order valence-electron chi connectivity index (χ1n) is 6.87. The van der Waals surface area contributed by atoms with Crippen LogP contribution in [-0.2, 0) is 4.79 Å². The second kappa shape index (κ2) is 6.57. The molecule has 1 aliphatic heterocycles. The number of nitrogens with one attached hydrogen (secondary N) is 1. The van der Waals surface area contributed by atoms with Gasteiger partial charge in [-0.1, -0.05) is 18.2 Å². The predicted octanol–water partition coefficient (Wildman–Crippen LogP) is 1.58. The summed E-state index contributed by atoms with van der Waals surface area (Å²) in [5, 5.41) is 3.25. The molecule has 1 atom stereocenters. The zero-order valence-corrected chi connectivity index (χ0v) is 11.7. The average molecular weight is 262 g/mol. The molecule has 0 bridgehead atoms. The highest BCUT2D eigenvalue weighted by Crippen LogP contribution is 2.19. The van der Waals surface area contributed by atoms with Gasteiger partial charge in [0.25, 0.3) is 0 Å². The zero-order chi connectivity index (χ0) is 13.7. The van der Waals surface area contributed by atoms with Gasteiger partial charge in [0.1, 0.15) is 11.9 Å². The molecule has 1 heterocycles. The monoisotopic (exact) mass is 262 g/mol. The van der Waals surface area contributed by atoms with Crippen LogP contribution < -0.4 is 10.1 Å². The lowest BCUT2D eigenvalue weighted by molar-refractivity contribution is -0.133. The lowest BCUT2D eigenvalue weighted by Crippen LogP contribution is -2.47. The molecule has 2 rings (SSSR count). The molecule has 0 spiro atoms. The molecule has 1 fully saturated rings. The highest BCUT2D eigenvalue weighted by molar-refractivity contribution is 5.76. The molecule has 1 saturated heterocycles. The van der Waals surface area contributed by atoms with Crippen molar-refractivity contribution in [3.05, 3.63) is 29.8 Å². The molecule has 4 nitrogen and oxygen atoms in total. The Morgan fingerprint density at radius 2 is 2.05 bits per heavy atom. The SMILES string of the molecule is Cc1ccccc1OC(C)CC(=O)N1CCNCC1. The molecule has 0 aromatic heterocycles. The van der Waals surface area contributed by atoms with Crippen molar-refractivity contribution in [2.75, 3.05) is 26.2 Å². The van der Waals surface area contributed by atoms with Crippen LogP contribution in [0.25, 0.3) is 0 Å². The molecule has 1 aromatic carbocycles. The van der Waals surface area contributed by atoms with E-state index in [0.717, 1.165) is 37.5 Å². The van der Waals surface area contributed by atoms with Gasteiger partial charge in [-0.15, -0.1) is 0 Å². The molecular formula is C15H22N2O2. The molecule has 0 aliphatic carbocycles. The van der Waals surface area contributed by atoms with Crippen LogP contribution in [0.1, 0.15) is 18.9 Å². The smallest absolute Gasteiger partial charge is 0.226 e. The fourth-order valence-corrected chi connectivity index (χ4v) is 2.24. The highest BCUT2D eigenvalue weighted by atomic mass is 16.5. The van der Waals surface area contributed by atoms with Crippen LogP contribution in [-0.4, -0.2) is 43.1 Å². The van der Waals surface area contributed by atoms with E-state index in [4.69, 9.17) is 4.74 Å². The third kappa shape index (κ3) is 3.96. The molecule has 0 radical (unpaired) electrons. The van der Waals surface area contributed by atoms with Gasteiger partial charge >= 0.3 is 0 Å². The molecular weight excluding hydrogens is 240 g/mol. The number of benzene rings is 1. The normalized spacial score (nSPS) is 17.1. The topological polar surface area (TPSA) is 41.6 Å². The Bertz CT molecular complexity index is 428. The van der Waals surface area contributed by atoms with Crippen molar-refractivity contribution in [1.29, 1.82) is 0 Å². The van der Waals surface area contributed by atoms with Crippen LogP contribution in [0.4, 0.5) is 0 Å². The molecule has 19 heavy (non-hydrogen) atoms. The highest BCUT2D eigenvalue weighted by Gasteiger charge is 2.19. The van der Waals surface area contributed by atoms with E-state index in [9.17, 15) is 4.79 Å². The molecule has 0 saturated carbocycles. The number of amides is 1. The maximum absolute atomic E-state index is 12.1. The number of rotatable bonds is 4. The molecule has 1 N–H and O–H groups in total. The summed E-state index contributed by atoms with van der Waals surface area (Å²) in [6.45, 7) is 7.34. The molecule has 1 unspecified atom stereocenters. The van der Waals surface area contributed by atoms with Crippen molar-refractivity contribution >= 4 is 5.91 Å². The van der Waals surface area contributed by atoms with Crippen LogP contribution in [0.3, 0.4) is 0 Å². The number of hydrogen-bond donors (Lipinski definition) is 1. The van der Waals surface area contributed by atoms with Crippen LogP contribution in [0.2, 0.25) is 0 Å². The third-order valence-electron chi connectivity index (χ3n) is 3.35. The number of piperazine rings is 1. The number of aryl methyl sites for hydroxylation is 1. The van der Waals surface area contributed by atoms with Crippen molar-refractivity contribution in [2.24, 2.45) is 0 Å². The maximum atomic E-state index is 12.1. The minimum absolute atomic E-state index is 0.0940. The molecule has 1 amide bonds. The molecule has 4 heteroatoms. The van der Waals surface area contributed by atoms with E-state index in [1.54, 1.807) is 0 Å². The number of ether oxygens (including phenoxy) is 1. The lowest BCUT2D eigenvalue weighted by Gasteiger charge is -2.28. The molecule has 1 aromatic rings. The summed E-state index contributed by atoms with van der Waals surface area (Å²) < 4.78 is 5.84. The Labute approximate surface area is 114 Å². The Balaban J connectivity index is 1.85. The standard InChI is InChI=1S/C15H22N2O2/c1-12-5-3-4-6-14(12)19-13(2)11-15(18)17-9-7-16-8-10-17/h3-6,13,16H,7-11H2,1-2H3. The van der Waals surface area contributed by atoms with Crippen molar-refractivity contribution in [1.82, 2.24) is 10.2 Å². The second-order valence-corrected chi connectivity index (χ2v) is 5.03. The molecule has 1 aliphatic rings. The predicted molar refractivity (Wildman–Crippen MR) is 75.3 cm³/mol. The summed E-state index contributed by atoms with van der Waals surface area (Å²) in [7, 11) is 0. The molecule has 104 valence electrons. The van der Waals surface area contributed by atoms with Gasteiger partial charge in [-0.3, -0.25) is 4.79 Å². The van der Waals surface area contributed by atoms with Crippen molar-refractivity contribution in [2.45, 2.75) is 26.4 Å². The van der Waals surface area contributed by atoms with Crippen molar-refractivity contribution < 1.29 is 9.53 Å². The number of carbonyl (C=O) groups excluding carboxylic acids is 1. The van der Waals surface area contributed by atoms with E-state index in [2.05, 4.69) is 5.32 Å². The first-order chi connectivity index (χ1) is 9.16. The minimum atomic E-state index is -0.0940. The van der Waals surface area contributed by atoms with Gasteiger partial charge in [0.15, 0.2) is 0 Å². The average Bonchev–Trinajstić information content (AvgIpc) is 2.42. The van der Waals surface area contributed by atoms with E-state index in [-0.39, 0.29) is 12.0 Å². The summed E-state index contributed by atoms with van der Waals surface area (Å²) in [6.07, 6.45) is 0.345. The first kappa shape index (κ1) is 13.9. The van der Waals surface area contributed by atoms with Gasteiger partial charge in [0, 0.05) is 26.2 Å². The quantitative estimate of drug-likeness (QED) is 0.896. The Morgan fingerprint density at radius 1 is 1.37 bits per heavy atom. The van der Waals surface area contributed by atoms with Gasteiger partial charge in [-0.05, 0) is 25.5 Å². The summed E-state index contributed by atoms with van der Waals surface area (Å²) in [4.78, 5) is 14.0. The summed E-state index contributed by atoms with van der Waals surface area (Å²) in [6, 6.07) is 7.90. The van der Waals surface area contributed by atoms with Crippen LogP contribution in [0, 0.1) is 6.92 Å². The fourth-order valence-electron chi connectivity index (χ4n) is 2.24. The zero-order valence-electron chi connectivity index (χ0n) is 11.7. The maximum Gasteiger partial charge on any atom is 0.226 e. The summed E-state index contributed by atoms with van der Waals surface area (Å²) in [5.74, 6) is 1.05. The first-order valence-corrected chi connectivity index (χ1v) is 6.87. The third-order valence-corrected chi connectivity index (χ3v) is 3.35. The Morgan fingerprint density at radius 3 is 2.74 bits per heavy atom. The number of para-hydroxylation sites is 1. The summed E-state index contributed by atoms with van der Waals surface area (Å²) >= 11 is 0. The number of carbonyl (C=O) groups is 1. The van der Waals surface area contributed by atoms with E-state index >= 15 is 0 Å². The van der Waals surface area contributed by atoms with E-state index in [0.29, 0.717) is 6.42 Å². The van der Waals surface area contributed by atoms with Crippen LogP contribution in [0.5, 0.6) is 5.75 Å². The second-order valence-electron chi connectivity index (χ2n) is 5.03.